The van der Waals surface area contributed by atoms with E-state index in [4.69, 9.17) is 0 Å². The Labute approximate surface area is 148 Å². The molecule has 0 spiro atoms. The minimum atomic E-state index is -0.434. The van der Waals surface area contributed by atoms with Gasteiger partial charge in [0.15, 0.2) is 0 Å². The SMILES string of the molecule is O=C(c1nn(-c2ccccc2)c(=O)[nH]1)N1CCN(c2ncccn2)CC1. The lowest BCUT2D eigenvalue weighted by Crippen LogP contribution is -2.49. The highest BCUT2D eigenvalue weighted by Gasteiger charge is 2.26. The number of para-hydroxylation sites is 1. The summed E-state index contributed by atoms with van der Waals surface area (Å²) in [6.07, 6.45) is 3.39. The monoisotopic (exact) mass is 351 g/mol. The summed E-state index contributed by atoms with van der Waals surface area (Å²) < 4.78 is 1.20. The molecule has 0 radical (unpaired) electrons. The zero-order valence-electron chi connectivity index (χ0n) is 13.9. The van der Waals surface area contributed by atoms with E-state index >= 15 is 0 Å². The van der Waals surface area contributed by atoms with E-state index in [1.807, 2.05) is 23.1 Å². The number of aromatic nitrogens is 5. The van der Waals surface area contributed by atoms with Crippen molar-refractivity contribution in [3.8, 4) is 5.69 Å². The van der Waals surface area contributed by atoms with Crippen LogP contribution in [-0.4, -0.2) is 61.7 Å². The Morgan fingerprint density at radius 2 is 1.65 bits per heavy atom. The van der Waals surface area contributed by atoms with Gasteiger partial charge in [0.2, 0.25) is 11.8 Å². The highest BCUT2D eigenvalue weighted by atomic mass is 16.2. The molecule has 132 valence electrons. The van der Waals surface area contributed by atoms with Gasteiger partial charge in [-0.1, -0.05) is 18.2 Å². The third kappa shape index (κ3) is 3.06. The molecule has 1 aliphatic heterocycles. The van der Waals surface area contributed by atoms with Crippen LogP contribution in [0.15, 0.2) is 53.6 Å². The molecule has 0 bridgehead atoms. The molecule has 26 heavy (non-hydrogen) atoms. The van der Waals surface area contributed by atoms with Crippen LogP contribution in [0, 0.1) is 0 Å². The lowest BCUT2D eigenvalue weighted by molar-refractivity contribution is 0.0734. The normalized spacial score (nSPS) is 14.5. The molecule has 1 amide bonds. The van der Waals surface area contributed by atoms with E-state index in [-0.39, 0.29) is 11.7 Å². The summed E-state index contributed by atoms with van der Waals surface area (Å²) in [5.74, 6) is 0.412. The maximum atomic E-state index is 12.7. The summed E-state index contributed by atoms with van der Waals surface area (Å²) in [7, 11) is 0. The summed E-state index contributed by atoms with van der Waals surface area (Å²) >= 11 is 0. The third-order valence-corrected chi connectivity index (χ3v) is 4.22. The standard InChI is InChI=1S/C17H17N7O2/c25-15(14-20-17(26)24(21-14)13-5-2-1-3-6-13)22-9-11-23(12-10-22)16-18-7-4-8-19-16/h1-8H,9-12H2,(H,20,21,26). The molecule has 0 saturated carbocycles. The van der Waals surface area contributed by atoms with E-state index in [1.54, 1.807) is 35.5 Å². The van der Waals surface area contributed by atoms with Crippen LogP contribution < -0.4 is 10.6 Å². The zero-order valence-corrected chi connectivity index (χ0v) is 13.9. The Morgan fingerprint density at radius 3 is 2.35 bits per heavy atom. The number of hydrogen-bond donors (Lipinski definition) is 1. The van der Waals surface area contributed by atoms with Gasteiger partial charge < -0.3 is 9.80 Å². The number of rotatable bonds is 3. The van der Waals surface area contributed by atoms with Crippen LogP contribution in [0.2, 0.25) is 0 Å². The molecule has 9 heteroatoms. The van der Waals surface area contributed by atoms with Crippen molar-refractivity contribution in [3.05, 3.63) is 65.1 Å². The number of carbonyl (C=O) groups is 1. The number of hydrogen-bond acceptors (Lipinski definition) is 6. The summed E-state index contributed by atoms with van der Waals surface area (Å²) in [6, 6.07) is 10.8. The highest BCUT2D eigenvalue weighted by Crippen LogP contribution is 2.11. The van der Waals surface area contributed by atoms with Crippen LogP contribution in [0.3, 0.4) is 0 Å². The van der Waals surface area contributed by atoms with E-state index in [0.717, 1.165) is 0 Å². The van der Waals surface area contributed by atoms with Gasteiger partial charge in [-0.3, -0.25) is 9.78 Å². The molecule has 3 heterocycles. The number of aromatic amines is 1. The van der Waals surface area contributed by atoms with E-state index in [1.165, 1.54) is 4.68 Å². The van der Waals surface area contributed by atoms with Gasteiger partial charge in [0.05, 0.1) is 5.69 Å². The summed E-state index contributed by atoms with van der Waals surface area (Å²) in [5, 5.41) is 4.15. The number of amides is 1. The minimum absolute atomic E-state index is 0.0447. The average Bonchev–Trinajstić information content (AvgIpc) is 3.10. The molecule has 0 unspecified atom stereocenters. The first-order valence-electron chi connectivity index (χ1n) is 8.28. The van der Waals surface area contributed by atoms with Crippen molar-refractivity contribution in [2.24, 2.45) is 0 Å². The molecule has 0 atom stereocenters. The van der Waals surface area contributed by atoms with Crippen LogP contribution in [0.25, 0.3) is 5.69 Å². The van der Waals surface area contributed by atoms with Crippen molar-refractivity contribution in [2.45, 2.75) is 0 Å². The van der Waals surface area contributed by atoms with Crippen molar-refractivity contribution in [3.63, 3.8) is 0 Å². The highest BCUT2D eigenvalue weighted by molar-refractivity contribution is 5.90. The van der Waals surface area contributed by atoms with Gasteiger partial charge in [-0.2, -0.15) is 4.68 Å². The van der Waals surface area contributed by atoms with Crippen LogP contribution in [0.4, 0.5) is 5.95 Å². The van der Waals surface area contributed by atoms with E-state index in [9.17, 15) is 9.59 Å². The first kappa shape index (κ1) is 16.0. The fourth-order valence-corrected chi connectivity index (χ4v) is 2.88. The van der Waals surface area contributed by atoms with Gasteiger partial charge in [-0.05, 0) is 18.2 Å². The Bertz CT molecular complexity index is 944. The number of carbonyl (C=O) groups excluding carboxylic acids is 1. The first-order chi connectivity index (χ1) is 12.7. The van der Waals surface area contributed by atoms with Gasteiger partial charge in [-0.25, -0.2) is 14.8 Å². The molecule has 3 aromatic rings. The van der Waals surface area contributed by atoms with Crippen molar-refractivity contribution >= 4 is 11.9 Å². The van der Waals surface area contributed by atoms with Crippen LogP contribution in [0.5, 0.6) is 0 Å². The molecule has 9 nitrogen and oxygen atoms in total. The fourth-order valence-electron chi connectivity index (χ4n) is 2.88. The summed E-state index contributed by atoms with van der Waals surface area (Å²) in [5.41, 5.74) is 0.176. The molecular formula is C17H17N7O2. The van der Waals surface area contributed by atoms with Gasteiger partial charge in [0.25, 0.3) is 5.91 Å². The Hall–Kier alpha value is -3.49. The zero-order chi connectivity index (χ0) is 17.9. The molecule has 2 aromatic heterocycles. The number of H-pyrrole nitrogens is 1. The van der Waals surface area contributed by atoms with Crippen molar-refractivity contribution in [1.82, 2.24) is 29.6 Å². The maximum absolute atomic E-state index is 12.7. The molecule has 1 aliphatic rings. The van der Waals surface area contributed by atoms with E-state index in [0.29, 0.717) is 37.8 Å². The Kier molecular flexibility index (Phi) is 4.18. The Balaban J connectivity index is 1.47. The van der Waals surface area contributed by atoms with Crippen LogP contribution in [0.1, 0.15) is 10.6 Å². The molecule has 1 fully saturated rings. The topological polar surface area (TPSA) is 100 Å². The molecule has 1 N–H and O–H groups in total. The predicted octanol–water partition coefficient (Wildman–Crippen LogP) is 0.313. The van der Waals surface area contributed by atoms with Gasteiger partial charge in [-0.15, -0.1) is 5.10 Å². The molecular weight excluding hydrogens is 334 g/mol. The quantitative estimate of drug-likeness (QED) is 0.729. The lowest BCUT2D eigenvalue weighted by atomic mass is 10.3. The Morgan fingerprint density at radius 1 is 0.962 bits per heavy atom. The molecule has 4 rings (SSSR count). The smallest absolute Gasteiger partial charge is 0.337 e. The number of anilines is 1. The maximum Gasteiger partial charge on any atom is 0.348 e. The second kappa shape index (κ2) is 6.79. The van der Waals surface area contributed by atoms with E-state index < -0.39 is 5.69 Å². The number of piperazine rings is 1. The van der Waals surface area contributed by atoms with Crippen LogP contribution >= 0.6 is 0 Å². The van der Waals surface area contributed by atoms with Crippen molar-refractivity contribution in [1.29, 1.82) is 0 Å². The summed E-state index contributed by atoms with van der Waals surface area (Å²) in [4.78, 5) is 39.5. The van der Waals surface area contributed by atoms with Gasteiger partial charge in [0.1, 0.15) is 0 Å². The average molecular weight is 351 g/mol. The second-order valence-electron chi connectivity index (χ2n) is 5.85. The number of benzene rings is 1. The third-order valence-electron chi connectivity index (χ3n) is 4.22. The number of nitrogens with zero attached hydrogens (tertiary/aromatic N) is 6. The molecule has 0 aliphatic carbocycles. The largest absolute Gasteiger partial charge is 0.348 e. The van der Waals surface area contributed by atoms with Crippen molar-refractivity contribution < 1.29 is 4.79 Å². The summed E-state index contributed by atoms with van der Waals surface area (Å²) in [6.45, 7) is 2.27. The van der Waals surface area contributed by atoms with Crippen LogP contribution in [-0.2, 0) is 0 Å². The minimum Gasteiger partial charge on any atom is -0.337 e. The number of nitrogens with one attached hydrogen (secondary N) is 1. The fraction of sp³-hybridized carbons (Fsp3) is 0.235. The van der Waals surface area contributed by atoms with E-state index in [2.05, 4.69) is 20.1 Å². The molecule has 1 saturated heterocycles. The van der Waals surface area contributed by atoms with Gasteiger partial charge >= 0.3 is 5.69 Å². The lowest BCUT2D eigenvalue weighted by Gasteiger charge is -2.34. The van der Waals surface area contributed by atoms with Gasteiger partial charge in [0, 0.05) is 38.6 Å². The predicted molar refractivity (Wildman–Crippen MR) is 94.3 cm³/mol. The molecule has 1 aromatic carbocycles. The first-order valence-corrected chi connectivity index (χ1v) is 8.28. The van der Waals surface area contributed by atoms with Crippen molar-refractivity contribution in [2.75, 3.05) is 31.1 Å². The second-order valence-corrected chi connectivity index (χ2v) is 5.85.